The summed E-state index contributed by atoms with van der Waals surface area (Å²) in [4.78, 5) is 28.0. The molecule has 1 N–H and O–H groups in total. The van der Waals surface area contributed by atoms with Crippen molar-refractivity contribution in [2.24, 2.45) is 0 Å². The van der Waals surface area contributed by atoms with Crippen molar-refractivity contribution in [3.63, 3.8) is 0 Å². The van der Waals surface area contributed by atoms with Gasteiger partial charge in [0.05, 0.1) is 6.61 Å². The van der Waals surface area contributed by atoms with E-state index >= 15 is 0 Å². The minimum atomic E-state index is -0.500. The van der Waals surface area contributed by atoms with E-state index in [9.17, 15) is 14.7 Å². The van der Waals surface area contributed by atoms with Gasteiger partial charge in [0.25, 0.3) is 0 Å². The van der Waals surface area contributed by atoms with Crippen LogP contribution in [0.4, 0.5) is 4.79 Å². The molecule has 0 aromatic heterocycles. The zero-order valence-electron chi connectivity index (χ0n) is 16.6. The van der Waals surface area contributed by atoms with Crippen LogP contribution >= 0.6 is 0 Å². The van der Waals surface area contributed by atoms with Crippen molar-refractivity contribution in [1.29, 1.82) is 0 Å². The summed E-state index contributed by atoms with van der Waals surface area (Å²) < 4.78 is 5.10. The number of hydrogen-bond acceptors (Lipinski definition) is 4. The van der Waals surface area contributed by atoms with Gasteiger partial charge in [0.1, 0.15) is 11.8 Å². The maximum Gasteiger partial charge on any atom is 0.328 e. The Morgan fingerprint density at radius 3 is 2.62 bits per heavy atom. The van der Waals surface area contributed by atoms with Gasteiger partial charge >= 0.3 is 12.0 Å². The van der Waals surface area contributed by atoms with E-state index in [0.29, 0.717) is 26.1 Å². The Kier molecular flexibility index (Phi) is 8.96. The number of likely N-dealkylation sites (tertiary alicyclic amines) is 1. The fourth-order valence-corrected chi connectivity index (χ4v) is 2.96. The second-order valence-electron chi connectivity index (χ2n) is 6.22. The Morgan fingerprint density at radius 1 is 1.31 bits per heavy atom. The topological polar surface area (TPSA) is 70.1 Å². The summed E-state index contributed by atoms with van der Waals surface area (Å²) in [6.45, 7) is 8.84. The Balaban J connectivity index is 0.00000163. The van der Waals surface area contributed by atoms with Crippen LogP contribution in [0.2, 0.25) is 0 Å². The molecule has 2 amide bonds. The Labute approximate surface area is 156 Å². The van der Waals surface area contributed by atoms with Crippen molar-refractivity contribution >= 4 is 12.0 Å². The number of hydrogen-bond donors (Lipinski definition) is 1. The lowest BCUT2D eigenvalue weighted by Crippen LogP contribution is -2.52. The third-order valence-corrected chi connectivity index (χ3v) is 4.33. The first-order chi connectivity index (χ1) is 12.4. The molecule has 1 heterocycles. The standard InChI is InChI=1S/C18H26N2O4.C2H6/c1-4-24-17(22)15-7-5-6-10-20(15)18(23)19(3)12-14-9-8-13(2)16(21)11-14;1-2/h8-9,11,15,21H,4-7,10,12H2,1-3H3;1-2H3. The summed E-state index contributed by atoms with van der Waals surface area (Å²) in [6.07, 6.45) is 2.45. The highest BCUT2D eigenvalue weighted by Crippen LogP contribution is 2.22. The normalized spacial score (nSPS) is 16.3. The molecule has 0 radical (unpaired) electrons. The molecule has 1 unspecified atom stereocenters. The number of nitrogens with zero attached hydrogens (tertiary/aromatic N) is 2. The van der Waals surface area contributed by atoms with Gasteiger partial charge in [-0.25, -0.2) is 9.59 Å². The fourth-order valence-electron chi connectivity index (χ4n) is 2.96. The van der Waals surface area contributed by atoms with Gasteiger partial charge in [-0.3, -0.25) is 0 Å². The molecule has 0 aliphatic carbocycles. The average Bonchev–Trinajstić information content (AvgIpc) is 2.66. The predicted molar refractivity (Wildman–Crippen MR) is 102 cm³/mol. The summed E-state index contributed by atoms with van der Waals surface area (Å²) >= 11 is 0. The maximum absolute atomic E-state index is 12.8. The molecule has 1 saturated heterocycles. The van der Waals surface area contributed by atoms with Crippen LogP contribution in [0.25, 0.3) is 0 Å². The lowest BCUT2D eigenvalue weighted by Gasteiger charge is -2.36. The fraction of sp³-hybridized carbons (Fsp3) is 0.600. The van der Waals surface area contributed by atoms with Gasteiger partial charge in [-0.1, -0.05) is 26.0 Å². The monoisotopic (exact) mass is 364 g/mol. The van der Waals surface area contributed by atoms with Crippen molar-refractivity contribution in [3.8, 4) is 5.75 Å². The van der Waals surface area contributed by atoms with Crippen molar-refractivity contribution in [2.75, 3.05) is 20.2 Å². The number of carbonyl (C=O) groups is 2. The highest BCUT2D eigenvalue weighted by Gasteiger charge is 2.34. The molecule has 1 fully saturated rings. The number of phenols is 1. The maximum atomic E-state index is 12.8. The van der Waals surface area contributed by atoms with Gasteiger partial charge in [0, 0.05) is 20.1 Å². The molecule has 2 rings (SSSR count). The smallest absolute Gasteiger partial charge is 0.328 e. The van der Waals surface area contributed by atoms with E-state index in [2.05, 4.69) is 0 Å². The van der Waals surface area contributed by atoms with Crippen LogP contribution in [-0.2, 0) is 16.1 Å². The number of esters is 1. The third kappa shape index (κ3) is 5.64. The number of benzene rings is 1. The van der Waals surface area contributed by atoms with Crippen LogP contribution in [0.3, 0.4) is 0 Å². The summed E-state index contributed by atoms with van der Waals surface area (Å²) in [6, 6.07) is 4.69. The minimum Gasteiger partial charge on any atom is -0.508 e. The highest BCUT2D eigenvalue weighted by atomic mass is 16.5. The van der Waals surface area contributed by atoms with Crippen LogP contribution in [0.1, 0.15) is 51.2 Å². The zero-order valence-corrected chi connectivity index (χ0v) is 16.6. The summed E-state index contributed by atoms with van der Waals surface area (Å²) in [5, 5.41) is 9.80. The van der Waals surface area contributed by atoms with Gasteiger partial charge in [-0.05, 0) is 50.3 Å². The number of piperidine rings is 1. The first-order valence-electron chi connectivity index (χ1n) is 9.41. The second-order valence-corrected chi connectivity index (χ2v) is 6.22. The van der Waals surface area contributed by atoms with Gasteiger partial charge in [0.2, 0.25) is 0 Å². The van der Waals surface area contributed by atoms with Crippen molar-refractivity contribution in [1.82, 2.24) is 9.80 Å². The zero-order chi connectivity index (χ0) is 19.7. The van der Waals surface area contributed by atoms with E-state index in [1.165, 1.54) is 0 Å². The largest absolute Gasteiger partial charge is 0.508 e. The average molecular weight is 364 g/mol. The van der Waals surface area contributed by atoms with E-state index in [-0.39, 0.29) is 17.7 Å². The van der Waals surface area contributed by atoms with E-state index in [0.717, 1.165) is 24.0 Å². The predicted octanol–water partition coefficient (Wildman–Crippen LogP) is 3.70. The highest BCUT2D eigenvalue weighted by molar-refractivity contribution is 5.83. The van der Waals surface area contributed by atoms with E-state index < -0.39 is 6.04 Å². The van der Waals surface area contributed by atoms with Crippen LogP contribution in [0, 0.1) is 6.92 Å². The first-order valence-corrected chi connectivity index (χ1v) is 9.41. The van der Waals surface area contributed by atoms with Crippen LogP contribution in [0.5, 0.6) is 5.75 Å². The first kappa shape index (κ1) is 21.8. The molecular weight excluding hydrogens is 332 g/mol. The Morgan fingerprint density at radius 2 is 2.00 bits per heavy atom. The molecule has 1 aliphatic heterocycles. The van der Waals surface area contributed by atoms with Crippen molar-refractivity contribution in [3.05, 3.63) is 29.3 Å². The van der Waals surface area contributed by atoms with E-state index in [4.69, 9.17) is 4.74 Å². The Bertz CT molecular complexity index is 603. The molecule has 6 heteroatoms. The van der Waals surface area contributed by atoms with Crippen LogP contribution in [0.15, 0.2) is 18.2 Å². The number of phenolic OH excluding ortho intramolecular Hbond substituents is 1. The molecule has 0 spiro atoms. The number of urea groups is 1. The van der Waals surface area contributed by atoms with E-state index in [1.807, 2.05) is 32.9 Å². The summed E-state index contributed by atoms with van der Waals surface area (Å²) in [5.41, 5.74) is 1.64. The summed E-state index contributed by atoms with van der Waals surface area (Å²) in [7, 11) is 1.70. The number of amides is 2. The Hall–Kier alpha value is -2.24. The number of aromatic hydroxyl groups is 1. The van der Waals surface area contributed by atoms with Gasteiger partial charge < -0.3 is 19.6 Å². The lowest BCUT2D eigenvalue weighted by molar-refractivity contribution is -0.149. The molecule has 1 atom stereocenters. The molecule has 146 valence electrons. The molecule has 1 aliphatic rings. The molecule has 6 nitrogen and oxygen atoms in total. The van der Waals surface area contributed by atoms with Crippen LogP contribution in [-0.4, -0.2) is 53.1 Å². The lowest BCUT2D eigenvalue weighted by atomic mass is 10.0. The second kappa shape index (κ2) is 10.7. The number of aryl methyl sites for hydroxylation is 1. The third-order valence-electron chi connectivity index (χ3n) is 4.33. The minimum absolute atomic E-state index is 0.187. The molecular formula is C20H32N2O4. The summed E-state index contributed by atoms with van der Waals surface area (Å²) in [5.74, 6) is -0.109. The SMILES string of the molecule is CC.CCOC(=O)C1CCCCN1C(=O)N(C)Cc1ccc(C)c(O)c1. The molecule has 0 saturated carbocycles. The molecule has 1 aromatic rings. The number of ether oxygens (including phenoxy) is 1. The number of carbonyl (C=O) groups excluding carboxylic acids is 2. The van der Waals surface area contributed by atoms with Gasteiger partial charge in [-0.2, -0.15) is 0 Å². The quantitative estimate of drug-likeness (QED) is 0.827. The van der Waals surface area contributed by atoms with Crippen LogP contribution < -0.4 is 0 Å². The molecule has 26 heavy (non-hydrogen) atoms. The van der Waals surface area contributed by atoms with E-state index in [1.54, 1.807) is 29.8 Å². The number of rotatable bonds is 4. The van der Waals surface area contributed by atoms with Crippen molar-refractivity contribution < 1.29 is 19.4 Å². The van der Waals surface area contributed by atoms with Gasteiger partial charge in [-0.15, -0.1) is 0 Å². The molecule has 1 aromatic carbocycles. The van der Waals surface area contributed by atoms with Gasteiger partial charge in [0.15, 0.2) is 0 Å². The van der Waals surface area contributed by atoms with Crippen molar-refractivity contribution in [2.45, 2.75) is 59.5 Å². The molecule has 0 bridgehead atoms.